The average Bonchev–Trinajstić information content (AvgIpc) is 2.42. The summed E-state index contributed by atoms with van der Waals surface area (Å²) in [6, 6.07) is 2.62. The van der Waals surface area contributed by atoms with Crippen LogP contribution in [-0.2, 0) is 0 Å². The van der Waals surface area contributed by atoms with E-state index in [4.69, 9.17) is 0 Å². The molecule has 0 aromatic heterocycles. The highest BCUT2D eigenvalue weighted by Crippen LogP contribution is 2.30. The van der Waals surface area contributed by atoms with Crippen LogP contribution >= 0.6 is 12.2 Å². The number of carbonyl (C=O) groups excluding carboxylic acids is 1. The van der Waals surface area contributed by atoms with Crippen LogP contribution in [0.3, 0.4) is 0 Å². The van der Waals surface area contributed by atoms with Gasteiger partial charge in [0.15, 0.2) is 11.6 Å². The van der Waals surface area contributed by atoms with Crippen LogP contribution in [0.5, 0.6) is 0 Å². The lowest BCUT2D eigenvalue weighted by Gasteiger charge is -2.06. The number of halogens is 4. The fraction of sp³-hybridized carbons (Fsp3) is 0. The van der Waals surface area contributed by atoms with Gasteiger partial charge in [-0.1, -0.05) is 6.07 Å². The molecule has 2 aromatic carbocycles. The Balaban J connectivity index is 2.58. The molecule has 2 nitrogen and oxygen atoms in total. The number of benzene rings is 2. The van der Waals surface area contributed by atoms with Gasteiger partial charge in [-0.2, -0.15) is 9.38 Å². The van der Waals surface area contributed by atoms with E-state index in [1.165, 1.54) is 0 Å². The summed E-state index contributed by atoms with van der Waals surface area (Å²) in [5.41, 5.74) is -1.43. The molecular weight excluding hydrogens is 306 g/mol. The normalized spacial score (nSPS) is 10.1. The van der Waals surface area contributed by atoms with E-state index < -0.39 is 34.7 Å². The fourth-order valence-electron chi connectivity index (χ4n) is 1.74. The van der Waals surface area contributed by atoms with Crippen LogP contribution in [0.15, 0.2) is 35.3 Å². The summed E-state index contributed by atoms with van der Waals surface area (Å²) in [4.78, 5) is 13.7. The van der Waals surface area contributed by atoms with Gasteiger partial charge in [0, 0.05) is 5.56 Å². The molecule has 0 heterocycles. The van der Waals surface area contributed by atoms with Gasteiger partial charge in [-0.3, -0.25) is 4.79 Å². The van der Waals surface area contributed by atoms with Crippen molar-refractivity contribution in [2.24, 2.45) is 4.99 Å². The highest BCUT2D eigenvalue weighted by atomic mass is 32.1. The van der Waals surface area contributed by atoms with Gasteiger partial charge in [0.25, 0.3) is 0 Å². The first-order chi connectivity index (χ1) is 9.93. The standard InChI is InChI=1S/C14H5F4NOS/c15-10-3-7(14(18)20)1-2-9(10)8-4-11(16)13(19-6-21)12(17)5-8/h1-5H. The lowest BCUT2D eigenvalue weighted by molar-refractivity contribution is 0.0835. The van der Waals surface area contributed by atoms with Gasteiger partial charge in [-0.25, -0.2) is 13.2 Å². The first-order valence-electron chi connectivity index (χ1n) is 5.50. The quantitative estimate of drug-likeness (QED) is 0.358. The van der Waals surface area contributed by atoms with E-state index in [0.29, 0.717) is 6.07 Å². The molecule has 0 bridgehead atoms. The van der Waals surface area contributed by atoms with Crippen molar-refractivity contribution < 1.29 is 22.4 Å². The Kier molecular flexibility index (Phi) is 4.26. The first kappa shape index (κ1) is 15.0. The van der Waals surface area contributed by atoms with Gasteiger partial charge in [-0.05, 0) is 42.0 Å². The van der Waals surface area contributed by atoms with Crippen molar-refractivity contribution in [3.8, 4) is 11.1 Å². The molecule has 0 saturated heterocycles. The molecule has 0 aliphatic rings. The predicted octanol–water partition coefficient (Wildman–Crippen LogP) is 4.61. The summed E-state index contributed by atoms with van der Waals surface area (Å²) in [7, 11) is 0. The van der Waals surface area contributed by atoms with Crippen molar-refractivity contribution in [1.29, 1.82) is 0 Å². The molecule has 0 spiro atoms. The summed E-state index contributed by atoms with van der Waals surface area (Å²) < 4.78 is 53.6. The Labute approximate surface area is 121 Å². The van der Waals surface area contributed by atoms with Gasteiger partial charge in [-0.15, -0.1) is 0 Å². The lowest BCUT2D eigenvalue weighted by atomic mass is 10.0. The monoisotopic (exact) mass is 311 g/mol. The highest BCUT2D eigenvalue weighted by Gasteiger charge is 2.15. The summed E-state index contributed by atoms with van der Waals surface area (Å²) in [5, 5.41) is 1.83. The van der Waals surface area contributed by atoms with Gasteiger partial charge >= 0.3 is 6.04 Å². The third-order valence-corrected chi connectivity index (χ3v) is 2.77. The molecular formula is C14H5F4NOS. The number of aliphatic imine (C=N–C) groups is 1. The van der Waals surface area contributed by atoms with Crippen molar-refractivity contribution in [1.82, 2.24) is 0 Å². The van der Waals surface area contributed by atoms with Crippen LogP contribution < -0.4 is 0 Å². The Morgan fingerprint density at radius 3 is 2.14 bits per heavy atom. The van der Waals surface area contributed by atoms with Crippen LogP contribution in [0.25, 0.3) is 11.1 Å². The number of rotatable bonds is 3. The maximum atomic E-state index is 13.8. The second-order valence-corrected chi connectivity index (χ2v) is 4.14. The zero-order chi connectivity index (χ0) is 15.6. The number of nitrogens with zero attached hydrogens (tertiary/aromatic N) is 1. The second kappa shape index (κ2) is 5.95. The minimum absolute atomic E-state index is 0.122. The summed E-state index contributed by atoms with van der Waals surface area (Å²) in [6.45, 7) is 0. The zero-order valence-electron chi connectivity index (χ0n) is 10.2. The second-order valence-electron chi connectivity index (χ2n) is 3.96. The SMILES string of the molecule is O=C(F)c1ccc(-c2cc(F)c(N=C=S)c(F)c2)c(F)c1. The Hall–Kier alpha value is -2.37. The molecule has 0 aliphatic heterocycles. The van der Waals surface area contributed by atoms with Crippen molar-refractivity contribution >= 4 is 29.1 Å². The predicted molar refractivity (Wildman–Crippen MR) is 71.9 cm³/mol. The number of hydrogen-bond donors (Lipinski definition) is 0. The Bertz CT molecular complexity index is 762. The minimum atomic E-state index is -1.80. The number of isothiocyanates is 1. The summed E-state index contributed by atoms with van der Waals surface area (Å²) in [5.74, 6) is -3.08. The van der Waals surface area contributed by atoms with Crippen molar-refractivity contribution in [2.75, 3.05) is 0 Å². The van der Waals surface area contributed by atoms with E-state index in [1.54, 1.807) is 0 Å². The molecule has 2 rings (SSSR count). The molecule has 0 atom stereocenters. The molecule has 0 unspecified atom stereocenters. The third-order valence-electron chi connectivity index (χ3n) is 2.68. The lowest BCUT2D eigenvalue weighted by Crippen LogP contribution is -1.94. The van der Waals surface area contributed by atoms with Gasteiger partial charge in [0.05, 0.1) is 10.7 Å². The molecule has 0 saturated carbocycles. The number of carbonyl (C=O) groups is 1. The molecule has 0 fully saturated rings. The molecule has 0 amide bonds. The van der Waals surface area contributed by atoms with E-state index in [9.17, 15) is 22.4 Å². The van der Waals surface area contributed by atoms with Crippen LogP contribution in [-0.4, -0.2) is 11.2 Å². The Morgan fingerprint density at radius 1 is 1.05 bits per heavy atom. The molecule has 21 heavy (non-hydrogen) atoms. The minimum Gasteiger partial charge on any atom is -0.255 e. The van der Waals surface area contributed by atoms with E-state index in [0.717, 1.165) is 24.3 Å². The third kappa shape index (κ3) is 3.04. The van der Waals surface area contributed by atoms with Crippen LogP contribution in [0.2, 0.25) is 0 Å². The van der Waals surface area contributed by atoms with Gasteiger partial charge in [0.1, 0.15) is 11.5 Å². The molecule has 0 aliphatic carbocycles. The van der Waals surface area contributed by atoms with Gasteiger partial charge in [0.2, 0.25) is 0 Å². The van der Waals surface area contributed by atoms with E-state index in [1.807, 2.05) is 5.16 Å². The fourth-order valence-corrected chi connectivity index (χ4v) is 1.84. The smallest absolute Gasteiger partial charge is 0.255 e. The Morgan fingerprint density at radius 2 is 1.67 bits per heavy atom. The maximum Gasteiger partial charge on any atom is 0.332 e. The van der Waals surface area contributed by atoms with E-state index >= 15 is 0 Å². The molecule has 2 aromatic rings. The summed E-state index contributed by atoms with van der Waals surface area (Å²) in [6.07, 6.45) is 0. The van der Waals surface area contributed by atoms with E-state index in [2.05, 4.69) is 17.2 Å². The topological polar surface area (TPSA) is 29.4 Å². The highest BCUT2D eigenvalue weighted by molar-refractivity contribution is 7.78. The van der Waals surface area contributed by atoms with Crippen molar-refractivity contribution in [2.45, 2.75) is 0 Å². The van der Waals surface area contributed by atoms with Crippen LogP contribution in [0.1, 0.15) is 10.4 Å². The maximum absolute atomic E-state index is 13.8. The first-order valence-corrected chi connectivity index (χ1v) is 5.91. The largest absolute Gasteiger partial charge is 0.332 e. The van der Waals surface area contributed by atoms with Crippen molar-refractivity contribution in [3.05, 3.63) is 53.3 Å². The van der Waals surface area contributed by atoms with Gasteiger partial charge < -0.3 is 0 Å². The number of hydrogen-bond acceptors (Lipinski definition) is 3. The molecule has 0 radical (unpaired) electrons. The number of thiocarbonyl (C=S) groups is 1. The van der Waals surface area contributed by atoms with Crippen molar-refractivity contribution in [3.63, 3.8) is 0 Å². The van der Waals surface area contributed by atoms with E-state index in [-0.39, 0.29) is 11.1 Å². The molecule has 106 valence electrons. The van der Waals surface area contributed by atoms with Crippen LogP contribution in [0, 0.1) is 17.5 Å². The summed E-state index contributed by atoms with van der Waals surface area (Å²) >= 11 is 4.26. The zero-order valence-corrected chi connectivity index (χ0v) is 11.0. The van der Waals surface area contributed by atoms with Crippen LogP contribution in [0.4, 0.5) is 23.2 Å². The molecule has 0 N–H and O–H groups in total. The average molecular weight is 311 g/mol. The molecule has 7 heteroatoms.